The monoisotopic (exact) mass is 341 g/mol. The molecule has 1 amide bonds. The number of hydrogen-bond donors (Lipinski definition) is 2. The molecule has 0 aliphatic carbocycles. The van der Waals surface area contributed by atoms with Crippen LogP contribution < -0.4 is 11.1 Å². The largest absolute Gasteiger partial charge is 0.353 e. The summed E-state index contributed by atoms with van der Waals surface area (Å²) in [5.74, 6) is -0.0714. The fraction of sp³-hybridized carbons (Fsp3) is 0.923. The molecule has 0 aromatic rings. The zero-order chi connectivity index (χ0) is 15.3. The van der Waals surface area contributed by atoms with Crippen molar-refractivity contribution in [2.45, 2.75) is 52.1 Å². The van der Waals surface area contributed by atoms with Crippen molar-refractivity contribution in [2.24, 2.45) is 11.7 Å². The van der Waals surface area contributed by atoms with Gasteiger partial charge in [0.2, 0.25) is 15.9 Å². The SMILES string of the molecule is CCCS(=O)(=O)N1CCC(NC(=O)C(C)C(C)N)CC1.Cl. The van der Waals surface area contributed by atoms with E-state index in [0.29, 0.717) is 32.4 Å². The van der Waals surface area contributed by atoms with Crippen LogP contribution in [-0.2, 0) is 14.8 Å². The molecule has 0 aromatic heterocycles. The molecule has 2 unspecified atom stereocenters. The second-order valence-corrected chi connectivity index (χ2v) is 7.73. The normalized spacial score (nSPS) is 20.4. The Morgan fingerprint density at radius 1 is 1.33 bits per heavy atom. The summed E-state index contributed by atoms with van der Waals surface area (Å²) in [6.07, 6.45) is 1.96. The average Bonchev–Trinajstić information content (AvgIpc) is 2.38. The molecule has 1 heterocycles. The van der Waals surface area contributed by atoms with Crippen LogP contribution in [0.2, 0.25) is 0 Å². The van der Waals surface area contributed by atoms with Gasteiger partial charge in [-0.05, 0) is 26.2 Å². The van der Waals surface area contributed by atoms with Crippen molar-refractivity contribution < 1.29 is 13.2 Å². The Balaban J connectivity index is 0.00000400. The number of hydrogen-bond acceptors (Lipinski definition) is 4. The van der Waals surface area contributed by atoms with Gasteiger partial charge in [0.15, 0.2) is 0 Å². The maximum atomic E-state index is 11.9. The highest BCUT2D eigenvalue weighted by Gasteiger charge is 2.29. The van der Waals surface area contributed by atoms with Gasteiger partial charge in [-0.2, -0.15) is 0 Å². The maximum absolute atomic E-state index is 11.9. The lowest BCUT2D eigenvalue weighted by Gasteiger charge is -2.32. The summed E-state index contributed by atoms with van der Waals surface area (Å²) in [6, 6.07) is -0.128. The van der Waals surface area contributed by atoms with Crippen molar-refractivity contribution in [2.75, 3.05) is 18.8 Å². The van der Waals surface area contributed by atoms with E-state index >= 15 is 0 Å². The van der Waals surface area contributed by atoms with Gasteiger partial charge in [0.25, 0.3) is 0 Å². The molecule has 1 aliphatic heterocycles. The van der Waals surface area contributed by atoms with E-state index in [2.05, 4.69) is 5.32 Å². The minimum Gasteiger partial charge on any atom is -0.353 e. The fourth-order valence-corrected chi connectivity index (χ4v) is 3.78. The number of piperidine rings is 1. The van der Waals surface area contributed by atoms with Gasteiger partial charge in [-0.15, -0.1) is 12.4 Å². The lowest BCUT2D eigenvalue weighted by atomic mass is 10.0. The maximum Gasteiger partial charge on any atom is 0.224 e. The molecule has 0 saturated carbocycles. The third-order valence-corrected chi connectivity index (χ3v) is 5.93. The predicted octanol–water partition coefficient (Wildman–Crippen LogP) is 0.712. The average molecular weight is 342 g/mol. The minimum atomic E-state index is -3.11. The van der Waals surface area contributed by atoms with E-state index in [1.54, 1.807) is 6.92 Å². The third-order valence-electron chi connectivity index (χ3n) is 3.86. The lowest BCUT2D eigenvalue weighted by Crippen LogP contribution is -2.49. The zero-order valence-corrected chi connectivity index (χ0v) is 14.7. The Morgan fingerprint density at radius 3 is 2.29 bits per heavy atom. The van der Waals surface area contributed by atoms with Crippen LogP contribution in [-0.4, -0.2) is 49.6 Å². The van der Waals surface area contributed by atoms with E-state index in [1.165, 1.54) is 4.31 Å². The first-order valence-corrected chi connectivity index (χ1v) is 8.92. The van der Waals surface area contributed by atoms with Gasteiger partial charge in [-0.25, -0.2) is 12.7 Å². The second kappa shape index (κ2) is 8.92. The summed E-state index contributed by atoms with van der Waals surface area (Å²) in [5.41, 5.74) is 5.71. The standard InChI is InChI=1S/C13H27N3O3S.ClH/c1-4-9-20(18,19)16-7-5-12(6-8-16)15-13(17)10(2)11(3)14;/h10-12H,4-9,14H2,1-3H3,(H,15,17);1H. The summed E-state index contributed by atoms with van der Waals surface area (Å²) >= 11 is 0. The highest BCUT2D eigenvalue weighted by Crippen LogP contribution is 2.15. The Labute approximate surface area is 134 Å². The first kappa shape index (κ1) is 20.6. The van der Waals surface area contributed by atoms with Crippen molar-refractivity contribution in [1.29, 1.82) is 0 Å². The number of carbonyl (C=O) groups excluding carboxylic acids is 1. The van der Waals surface area contributed by atoms with Gasteiger partial charge in [0, 0.05) is 31.1 Å². The summed E-state index contributed by atoms with van der Waals surface area (Å²) in [5, 5.41) is 2.96. The molecule has 1 rings (SSSR count). The smallest absolute Gasteiger partial charge is 0.224 e. The summed E-state index contributed by atoms with van der Waals surface area (Å²) in [4.78, 5) is 11.9. The summed E-state index contributed by atoms with van der Waals surface area (Å²) < 4.78 is 25.4. The molecule has 0 radical (unpaired) electrons. The number of halogens is 1. The Bertz CT molecular complexity index is 420. The van der Waals surface area contributed by atoms with Gasteiger partial charge in [0.1, 0.15) is 0 Å². The van der Waals surface area contributed by atoms with Crippen LogP contribution in [0.5, 0.6) is 0 Å². The van der Waals surface area contributed by atoms with E-state index in [1.807, 2.05) is 13.8 Å². The van der Waals surface area contributed by atoms with Crippen molar-refractivity contribution in [3.05, 3.63) is 0 Å². The molecule has 1 aliphatic rings. The quantitative estimate of drug-likeness (QED) is 0.744. The van der Waals surface area contributed by atoms with Crippen molar-refractivity contribution in [3.8, 4) is 0 Å². The predicted molar refractivity (Wildman–Crippen MR) is 86.9 cm³/mol. The Hall–Kier alpha value is -0.370. The number of nitrogens with two attached hydrogens (primary N) is 1. The van der Waals surface area contributed by atoms with Crippen molar-refractivity contribution in [1.82, 2.24) is 9.62 Å². The first-order chi connectivity index (χ1) is 9.27. The van der Waals surface area contributed by atoms with E-state index in [4.69, 9.17) is 5.73 Å². The molecule has 1 fully saturated rings. The number of amides is 1. The van der Waals surface area contributed by atoms with Gasteiger partial charge in [0.05, 0.1) is 5.75 Å². The number of nitrogens with zero attached hydrogens (tertiary/aromatic N) is 1. The molecule has 0 spiro atoms. The molecule has 21 heavy (non-hydrogen) atoms. The van der Waals surface area contributed by atoms with Crippen LogP contribution in [0.1, 0.15) is 40.0 Å². The molecule has 0 bridgehead atoms. The molecular formula is C13H28ClN3O3S. The van der Waals surface area contributed by atoms with Crippen LogP contribution in [0, 0.1) is 5.92 Å². The van der Waals surface area contributed by atoms with E-state index in [0.717, 1.165) is 0 Å². The van der Waals surface area contributed by atoms with Crippen LogP contribution in [0.4, 0.5) is 0 Å². The summed E-state index contributed by atoms with van der Waals surface area (Å²) in [7, 11) is -3.11. The van der Waals surface area contributed by atoms with Gasteiger partial charge < -0.3 is 11.1 Å². The first-order valence-electron chi connectivity index (χ1n) is 7.31. The molecular weight excluding hydrogens is 314 g/mol. The molecule has 8 heteroatoms. The van der Waals surface area contributed by atoms with Gasteiger partial charge >= 0.3 is 0 Å². The molecule has 126 valence electrons. The zero-order valence-electron chi connectivity index (χ0n) is 13.0. The molecule has 2 atom stereocenters. The van der Waals surface area contributed by atoms with Crippen molar-refractivity contribution in [3.63, 3.8) is 0 Å². The fourth-order valence-electron chi connectivity index (χ4n) is 2.24. The molecule has 6 nitrogen and oxygen atoms in total. The summed E-state index contributed by atoms with van der Waals surface area (Å²) in [6.45, 7) is 6.45. The second-order valence-electron chi connectivity index (χ2n) is 5.65. The topological polar surface area (TPSA) is 92.5 Å². The third kappa shape index (κ3) is 6.10. The van der Waals surface area contributed by atoms with Crippen LogP contribution in [0.3, 0.4) is 0 Å². The number of nitrogens with one attached hydrogen (secondary N) is 1. The van der Waals surface area contributed by atoms with E-state index < -0.39 is 10.0 Å². The molecule has 3 N–H and O–H groups in total. The molecule has 0 aromatic carbocycles. The van der Waals surface area contributed by atoms with Crippen LogP contribution in [0.15, 0.2) is 0 Å². The number of sulfonamides is 1. The van der Waals surface area contributed by atoms with E-state index in [-0.39, 0.29) is 42.1 Å². The molecule has 1 saturated heterocycles. The highest BCUT2D eigenvalue weighted by molar-refractivity contribution is 7.89. The number of carbonyl (C=O) groups is 1. The van der Waals surface area contributed by atoms with Crippen LogP contribution >= 0.6 is 12.4 Å². The van der Waals surface area contributed by atoms with Crippen LogP contribution in [0.25, 0.3) is 0 Å². The Kier molecular flexibility index (Phi) is 8.77. The Morgan fingerprint density at radius 2 is 1.86 bits per heavy atom. The van der Waals surface area contributed by atoms with Gasteiger partial charge in [-0.3, -0.25) is 4.79 Å². The highest BCUT2D eigenvalue weighted by atomic mass is 35.5. The van der Waals surface area contributed by atoms with Crippen molar-refractivity contribution >= 4 is 28.3 Å². The minimum absolute atomic E-state index is 0. The number of rotatable bonds is 6. The van der Waals surface area contributed by atoms with E-state index in [9.17, 15) is 13.2 Å². The lowest BCUT2D eigenvalue weighted by molar-refractivity contribution is -0.125. The van der Waals surface area contributed by atoms with Gasteiger partial charge in [-0.1, -0.05) is 13.8 Å².